The number of nitrogens with two attached hydrogens (primary N) is 3. The molecule has 0 aromatic carbocycles. The van der Waals surface area contributed by atoms with Crippen molar-refractivity contribution < 1.29 is 4.79 Å². The molecule has 0 rings (SSSR count). The Kier molecular flexibility index (Phi) is 9.98. The fraction of sp³-hybridized carbons (Fsp3) is 0.750. The van der Waals surface area contributed by atoms with Gasteiger partial charge in [-0.3, -0.25) is 9.79 Å². The summed E-state index contributed by atoms with van der Waals surface area (Å²) >= 11 is 0. The summed E-state index contributed by atoms with van der Waals surface area (Å²) in [6, 6.07) is -0.446. The van der Waals surface area contributed by atoms with E-state index < -0.39 is 6.04 Å². The van der Waals surface area contributed by atoms with Gasteiger partial charge in [-0.1, -0.05) is 13.8 Å². The Balaban J connectivity index is 0. The quantitative estimate of drug-likeness (QED) is 0.412. The molecule has 0 aliphatic heterocycles. The van der Waals surface area contributed by atoms with Crippen LogP contribution in [0.25, 0.3) is 0 Å². The van der Waals surface area contributed by atoms with Crippen LogP contribution in [0.5, 0.6) is 0 Å². The van der Waals surface area contributed by atoms with Gasteiger partial charge in [-0.2, -0.15) is 0 Å². The highest BCUT2D eigenvalue weighted by molar-refractivity contribution is 5.81. The van der Waals surface area contributed by atoms with Gasteiger partial charge in [0.15, 0.2) is 5.96 Å². The largest absolute Gasteiger partial charge is 0.370 e. The molecule has 0 saturated carbocycles. The second-order valence-corrected chi connectivity index (χ2v) is 2.31. The first kappa shape index (κ1) is 14.4. The molecule has 5 heteroatoms. The van der Waals surface area contributed by atoms with Crippen molar-refractivity contribution in [3.8, 4) is 0 Å². The van der Waals surface area contributed by atoms with Crippen molar-refractivity contribution in [2.75, 3.05) is 6.54 Å². The third-order valence-corrected chi connectivity index (χ3v) is 1.26. The minimum atomic E-state index is -0.446. The van der Waals surface area contributed by atoms with Crippen LogP contribution in [0.1, 0.15) is 27.2 Å². The van der Waals surface area contributed by atoms with Crippen molar-refractivity contribution in [1.82, 2.24) is 0 Å². The van der Waals surface area contributed by atoms with Gasteiger partial charge in [0.25, 0.3) is 0 Å². The highest BCUT2D eigenvalue weighted by atomic mass is 16.1. The van der Waals surface area contributed by atoms with E-state index in [4.69, 9.17) is 17.2 Å². The second-order valence-electron chi connectivity index (χ2n) is 2.31. The Morgan fingerprint density at radius 1 is 1.38 bits per heavy atom. The summed E-state index contributed by atoms with van der Waals surface area (Å²) in [6.07, 6.45) is 0.493. The van der Waals surface area contributed by atoms with Crippen LogP contribution < -0.4 is 17.2 Å². The van der Waals surface area contributed by atoms with Gasteiger partial charge in [0.2, 0.25) is 0 Å². The normalized spacial score (nSPS) is 10.8. The number of hydrogen-bond acceptors (Lipinski definition) is 3. The van der Waals surface area contributed by atoms with Crippen molar-refractivity contribution in [3.05, 3.63) is 0 Å². The standard InChI is InChI=1S/C6H14N4O.C2H6/c1-4(11)5(7)2-3-10-6(8)9;1-2/h5H,2-3,7H2,1H3,(H4,8,9,10);1-2H3/t5-;/m1./s1. The molecule has 1 atom stereocenters. The molecule has 0 unspecified atom stereocenters. The van der Waals surface area contributed by atoms with Gasteiger partial charge in [-0.05, 0) is 13.3 Å². The fourth-order valence-corrected chi connectivity index (χ4v) is 0.536. The highest BCUT2D eigenvalue weighted by Gasteiger charge is 2.05. The lowest BCUT2D eigenvalue weighted by atomic mass is 10.1. The zero-order valence-corrected chi connectivity index (χ0v) is 8.58. The lowest BCUT2D eigenvalue weighted by Gasteiger charge is -2.03. The Hall–Kier alpha value is -1.10. The molecule has 0 aromatic rings. The number of ketones is 1. The van der Waals surface area contributed by atoms with Crippen molar-refractivity contribution in [2.45, 2.75) is 33.2 Å². The van der Waals surface area contributed by atoms with Crippen molar-refractivity contribution in [3.63, 3.8) is 0 Å². The van der Waals surface area contributed by atoms with Gasteiger partial charge in [-0.25, -0.2) is 0 Å². The minimum absolute atomic E-state index is 0.0285. The number of Topliss-reactive ketones (excluding diaryl/α,β-unsaturated/α-hetero) is 1. The topological polar surface area (TPSA) is 107 Å². The van der Waals surface area contributed by atoms with E-state index in [0.29, 0.717) is 13.0 Å². The summed E-state index contributed by atoms with van der Waals surface area (Å²) in [6.45, 7) is 5.85. The molecule has 0 aliphatic carbocycles. The van der Waals surface area contributed by atoms with E-state index in [1.807, 2.05) is 13.8 Å². The predicted octanol–water partition coefficient (Wildman–Crippen LogP) is -0.408. The zero-order valence-electron chi connectivity index (χ0n) is 8.58. The molecule has 0 radical (unpaired) electrons. The highest BCUT2D eigenvalue weighted by Crippen LogP contribution is 1.89. The van der Waals surface area contributed by atoms with Gasteiger partial charge in [-0.15, -0.1) is 0 Å². The smallest absolute Gasteiger partial charge is 0.185 e. The first-order valence-electron chi connectivity index (χ1n) is 4.35. The molecule has 78 valence electrons. The Morgan fingerprint density at radius 2 is 1.85 bits per heavy atom. The van der Waals surface area contributed by atoms with Crippen LogP contribution in [0.15, 0.2) is 4.99 Å². The van der Waals surface area contributed by atoms with Crippen molar-refractivity contribution in [2.24, 2.45) is 22.2 Å². The summed E-state index contributed by atoms with van der Waals surface area (Å²) in [7, 11) is 0. The molecular weight excluding hydrogens is 168 g/mol. The summed E-state index contributed by atoms with van der Waals surface area (Å²) in [5, 5.41) is 0. The third kappa shape index (κ3) is 10.9. The van der Waals surface area contributed by atoms with E-state index in [1.54, 1.807) is 0 Å². The number of hydrogen-bond donors (Lipinski definition) is 3. The van der Waals surface area contributed by atoms with Crippen LogP contribution in [0, 0.1) is 0 Å². The fourth-order valence-electron chi connectivity index (χ4n) is 0.536. The number of aliphatic imine (C=N–C) groups is 1. The monoisotopic (exact) mass is 188 g/mol. The van der Waals surface area contributed by atoms with Gasteiger partial charge in [0.05, 0.1) is 6.04 Å². The summed E-state index contributed by atoms with van der Waals surface area (Å²) in [4.78, 5) is 14.3. The number of guanidine groups is 1. The van der Waals surface area contributed by atoms with E-state index in [0.717, 1.165) is 0 Å². The molecule has 6 N–H and O–H groups in total. The van der Waals surface area contributed by atoms with E-state index in [2.05, 4.69) is 4.99 Å². The third-order valence-electron chi connectivity index (χ3n) is 1.26. The Labute approximate surface area is 79.4 Å². The maximum absolute atomic E-state index is 10.6. The molecule has 0 aromatic heterocycles. The summed E-state index contributed by atoms with van der Waals surface area (Å²) in [5.74, 6) is -0.0171. The minimum Gasteiger partial charge on any atom is -0.370 e. The van der Waals surface area contributed by atoms with Gasteiger partial charge < -0.3 is 17.2 Å². The molecule has 0 fully saturated rings. The number of nitrogens with zero attached hydrogens (tertiary/aromatic N) is 1. The van der Waals surface area contributed by atoms with Crippen LogP contribution in [0.2, 0.25) is 0 Å². The average Bonchev–Trinajstić information content (AvgIpc) is 2.07. The molecule has 0 spiro atoms. The zero-order chi connectivity index (χ0) is 10.9. The number of carbonyl (C=O) groups is 1. The van der Waals surface area contributed by atoms with Crippen molar-refractivity contribution >= 4 is 11.7 Å². The van der Waals surface area contributed by atoms with Gasteiger partial charge >= 0.3 is 0 Å². The first-order valence-corrected chi connectivity index (χ1v) is 4.35. The van der Waals surface area contributed by atoms with E-state index in [-0.39, 0.29) is 11.7 Å². The number of rotatable bonds is 4. The molecule has 13 heavy (non-hydrogen) atoms. The summed E-state index contributed by atoms with van der Waals surface area (Å²) in [5.41, 5.74) is 15.5. The molecule has 0 amide bonds. The van der Waals surface area contributed by atoms with Crippen molar-refractivity contribution in [1.29, 1.82) is 0 Å². The van der Waals surface area contributed by atoms with Crippen LogP contribution >= 0.6 is 0 Å². The van der Waals surface area contributed by atoms with E-state index >= 15 is 0 Å². The number of carbonyl (C=O) groups excluding carboxylic acids is 1. The second kappa shape index (κ2) is 8.99. The van der Waals surface area contributed by atoms with Gasteiger partial charge in [0.1, 0.15) is 5.78 Å². The van der Waals surface area contributed by atoms with Crippen LogP contribution in [-0.2, 0) is 4.79 Å². The van der Waals surface area contributed by atoms with Gasteiger partial charge in [0, 0.05) is 6.54 Å². The molecule has 5 nitrogen and oxygen atoms in total. The Morgan fingerprint density at radius 3 is 2.15 bits per heavy atom. The molecule has 0 heterocycles. The van der Waals surface area contributed by atoms with Crippen LogP contribution in [0.4, 0.5) is 0 Å². The average molecular weight is 188 g/mol. The first-order chi connectivity index (χ1) is 6.04. The maximum Gasteiger partial charge on any atom is 0.185 e. The molecule has 0 saturated heterocycles. The van der Waals surface area contributed by atoms with E-state index in [1.165, 1.54) is 6.92 Å². The molecular formula is C8H20N4O. The summed E-state index contributed by atoms with van der Waals surface area (Å²) < 4.78 is 0. The van der Waals surface area contributed by atoms with E-state index in [9.17, 15) is 4.79 Å². The molecule has 0 aliphatic rings. The SMILES string of the molecule is CC.CC(=O)[C@H](N)CCN=C(N)N. The lowest BCUT2D eigenvalue weighted by molar-refractivity contribution is -0.118. The van der Waals surface area contributed by atoms with Crippen LogP contribution in [0.3, 0.4) is 0 Å². The lowest BCUT2D eigenvalue weighted by Crippen LogP contribution is -2.30. The predicted molar refractivity (Wildman–Crippen MR) is 55.3 cm³/mol. The molecule has 0 bridgehead atoms. The Bertz CT molecular complexity index is 164. The maximum atomic E-state index is 10.6. The van der Waals surface area contributed by atoms with Crippen LogP contribution in [-0.4, -0.2) is 24.3 Å².